The van der Waals surface area contributed by atoms with Crippen LogP contribution in [0.4, 0.5) is 0 Å². The normalized spacial score (nSPS) is 18.4. The summed E-state index contributed by atoms with van der Waals surface area (Å²) in [6, 6.07) is 5.82. The van der Waals surface area contributed by atoms with Crippen LogP contribution in [0, 0.1) is 0 Å². The molecule has 0 radical (unpaired) electrons. The van der Waals surface area contributed by atoms with E-state index in [0.717, 1.165) is 12.1 Å². The Balaban J connectivity index is 2.23. The van der Waals surface area contributed by atoms with Crippen LogP contribution in [0.3, 0.4) is 0 Å². The summed E-state index contributed by atoms with van der Waals surface area (Å²) in [6.45, 7) is 1.50. The summed E-state index contributed by atoms with van der Waals surface area (Å²) in [4.78, 5) is 13.9. The van der Waals surface area contributed by atoms with E-state index in [1.807, 2.05) is 30.1 Å². The second-order valence-corrected chi connectivity index (χ2v) is 5.54. The summed E-state index contributed by atoms with van der Waals surface area (Å²) in [5, 5.41) is 3.13. The third-order valence-electron chi connectivity index (χ3n) is 3.26. The molecule has 0 saturated carbocycles. The lowest BCUT2D eigenvalue weighted by atomic mass is 10.2. The highest BCUT2D eigenvalue weighted by molar-refractivity contribution is 8.00. The largest absolute Gasteiger partial charge is 0.493 e. The quantitative estimate of drug-likeness (QED) is 0.862. The van der Waals surface area contributed by atoms with E-state index in [2.05, 4.69) is 5.32 Å². The fourth-order valence-electron chi connectivity index (χ4n) is 2.21. The number of nitrogens with zero attached hydrogens (tertiary/aromatic N) is 1. The van der Waals surface area contributed by atoms with E-state index in [9.17, 15) is 4.79 Å². The topological polar surface area (TPSA) is 50.8 Å². The molecule has 1 N–H and O–H groups in total. The number of ether oxygens (including phenoxy) is 2. The molecular weight excluding hydrogens is 276 g/mol. The number of nitrogens with one attached hydrogen (secondary N) is 1. The van der Waals surface area contributed by atoms with Crippen LogP contribution < -0.4 is 14.8 Å². The number of benzene rings is 1. The molecule has 1 aromatic carbocycles. The Morgan fingerprint density at radius 1 is 1.35 bits per heavy atom. The second-order valence-electron chi connectivity index (χ2n) is 4.47. The maximum Gasteiger partial charge on any atom is 0.233 e. The number of rotatable bonds is 6. The number of carbonyl (C=O) groups is 1. The van der Waals surface area contributed by atoms with Crippen LogP contribution >= 0.6 is 11.8 Å². The Kier molecular flexibility index (Phi) is 5.14. The van der Waals surface area contributed by atoms with Gasteiger partial charge in [-0.25, -0.2) is 0 Å². The van der Waals surface area contributed by atoms with Gasteiger partial charge in [0.15, 0.2) is 11.5 Å². The van der Waals surface area contributed by atoms with Crippen molar-refractivity contribution in [3.05, 3.63) is 23.8 Å². The van der Waals surface area contributed by atoms with Crippen molar-refractivity contribution in [2.45, 2.75) is 5.37 Å². The van der Waals surface area contributed by atoms with Crippen LogP contribution in [0.5, 0.6) is 11.5 Å². The summed E-state index contributed by atoms with van der Waals surface area (Å²) >= 11 is 1.65. The molecule has 1 fully saturated rings. The lowest BCUT2D eigenvalue weighted by Gasteiger charge is -2.24. The molecular formula is C14H20N2O3S. The highest BCUT2D eigenvalue weighted by Gasteiger charge is 2.32. The molecule has 1 aliphatic heterocycles. The minimum Gasteiger partial charge on any atom is -0.493 e. The molecule has 1 aliphatic rings. The maximum atomic E-state index is 12.0. The lowest BCUT2D eigenvalue weighted by molar-refractivity contribution is -0.128. The highest BCUT2D eigenvalue weighted by Crippen LogP contribution is 2.41. The van der Waals surface area contributed by atoms with Crippen molar-refractivity contribution < 1.29 is 14.3 Å². The number of thioether (sulfide) groups is 1. The number of amides is 1. The Morgan fingerprint density at radius 2 is 2.10 bits per heavy atom. The van der Waals surface area contributed by atoms with Crippen molar-refractivity contribution in [1.29, 1.82) is 0 Å². The zero-order valence-electron chi connectivity index (χ0n) is 12.0. The number of hydrogen-bond donors (Lipinski definition) is 1. The predicted octanol–water partition coefficient (Wildman–Crippen LogP) is 1.50. The Labute approximate surface area is 123 Å². The fourth-order valence-corrected chi connectivity index (χ4v) is 3.42. The SMILES string of the molecule is CNCCN1C(=O)CSC1c1ccc(OC)c(OC)c1. The van der Waals surface area contributed by atoms with Crippen molar-refractivity contribution >= 4 is 17.7 Å². The second kappa shape index (κ2) is 6.85. The molecule has 110 valence electrons. The van der Waals surface area contributed by atoms with Crippen molar-refractivity contribution in [1.82, 2.24) is 10.2 Å². The molecule has 1 amide bonds. The molecule has 0 spiro atoms. The molecule has 1 atom stereocenters. The van der Waals surface area contributed by atoms with Crippen molar-refractivity contribution in [3.63, 3.8) is 0 Å². The average molecular weight is 296 g/mol. The minimum absolute atomic E-state index is 0.0515. The molecule has 1 heterocycles. The van der Waals surface area contributed by atoms with E-state index >= 15 is 0 Å². The molecule has 6 heteroatoms. The van der Waals surface area contributed by atoms with Gasteiger partial charge in [0.2, 0.25) is 5.91 Å². The van der Waals surface area contributed by atoms with E-state index in [-0.39, 0.29) is 11.3 Å². The zero-order chi connectivity index (χ0) is 14.5. The van der Waals surface area contributed by atoms with Gasteiger partial charge in [-0.15, -0.1) is 11.8 Å². The number of likely N-dealkylation sites (N-methyl/N-ethyl adjacent to an activating group) is 1. The summed E-state index contributed by atoms with van der Waals surface area (Å²) in [6.07, 6.45) is 0. The first-order valence-electron chi connectivity index (χ1n) is 6.49. The summed E-state index contributed by atoms with van der Waals surface area (Å²) in [5.41, 5.74) is 1.06. The van der Waals surface area contributed by atoms with Crippen LogP contribution in [0.25, 0.3) is 0 Å². The lowest BCUT2D eigenvalue weighted by Crippen LogP contribution is -2.34. The standard InChI is InChI=1S/C14H20N2O3S/c1-15-6-7-16-13(17)9-20-14(16)10-4-5-11(18-2)12(8-10)19-3/h4-5,8,14-15H,6-7,9H2,1-3H3. The van der Waals surface area contributed by atoms with Crippen molar-refractivity contribution in [2.75, 3.05) is 40.1 Å². The average Bonchev–Trinajstić information content (AvgIpc) is 2.85. The summed E-state index contributed by atoms with van der Waals surface area (Å²) in [5.74, 6) is 2.11. The molecule has 0 aromatic heterocycles. The molecule has 5 nitrogen and oxygen atoms in total. The summed E-state index contributed by atoms with van der Waals surface area (Å²) in [7, 11) is 5.12. The molecule has 1 unspecified atom stereocenters. The predicted molar refractivity (Wildman–Crippen MR) is 80.4 cm³/mol. The molecule has 0 bridgehead atoms. The van der Waals surface area contributed by atoms with Crippen LogP contribution in [0.1, 0.15) is 10.9 Å². The Hall–Kier alpha value is -1.40. The monoisotopic (exact) mass is 296 g/mol. The third-order valence-corrected chi connectivity index (χ3v) is 4.52. The zero-order valence-corrected chi connectivity index (χ0v) is 12.8. The maximum absolute atomic E-state index is 12.0. The van der Waals surface area contributed by atoms with Crippen molar-refractivity contribution in [3.8, 4) is 11.5 Å². The first-order chi connectivity index (χ1) is 9.71. The van der Waals surface area contributed by atoms with E-state index in [1.54, 1.807) is 26.0 Å². The van der Waals surface area contributed by atoms with Gasteiger partial charge in [-0.3, -0.25) is 4.79 Å². The Bertz CT molecular complexity index is 481. The van der Waals surface area contributed by atoms with Crippen LogP contribution in [0.15, 0.2) is 18.2 Å². The molecule has 0 aliphatic carbocycles. The molecule has 1 aromatic rings. The van der Waals surface area contributed by atoms with E-state index in [1.165, 1.54) is 0 Å². The van der Waals surface area contributed by atoms with Gasteiger partial charge < -0.3 is 19.7 Å². The van der Waals surface area contributed by atoms with Crippen molar-refractivity contribution in [2.24, 2.45) is 0 Å². The smallest absolute Gasteiger partial charge is 0.233 e. The van der Waals surface area contributed by atoms with E-state index in [4.69, 9.17) is 9.47 Å². The molecule has 2 rings (SSSR count). The fraction of sp³-hybridized carbons (Fsp3) is 0.500. The number of carbonyl (C=O) groups excluding carboxylic acids is 1. The van der Waals surface area contributed by atoms with Crippen LogP contribution in [-0.4, -0.2) is 50.9 Å². The number of methoxy groups -OCH3 is 2. The van der Waals surface area contributed by atoms with E-state index in [0.29, 0.717) is 23.8 Å². The minimum atomic E-state index is 0.0515. The highest BCUT2D eigenvalue weighted by atomic mass is 32.2. The van der Waals surface area contributed by atoms with Gasteiger partial charge in [0, 0.05) is 13.1 Å². The van der Waals surface area contributed by atoms with Gasteiger partial charge >= 0.3 is 0 Å². The third kappa shape index (κ3) is 3.02. The van der Waals surface area contributed by atoms with Crippen LogP contribution in [-0.2, 0) is 4.79 Å². The molecule has 1 saturated heterocycles. The molecule has 20 heavy (non-hydrogen) atoms. The van der Waals surface area contributed by atoms with Gasteiger partial charge in [-0.2, -0.15) is 0 Å². The Morgan fingerprint density at radius 3 is 2.75 bits per heavy atom. The first kappa shape index (κ1) is 15.0. The number of hydrogen-bond acceptors (Lipinski definition) is 5. The van der Waals surface area contributed by atoms with Gasteiger partial charge in [0.1, 0.15) is 5.37 Å². The van der Waals surface area contributed by atoms with Gasteiger partial charge in [0.25, 0.3) is 0 Å². The van der Waals surface area contributed by atoms with Gasteiger partial charge in [-0.05, 0) is 24.7 Å². The first-order valence-corrected chi connectivity index (χ1v) is 7.53. The van der Waals surface area contributed by atoms with Gasteiger partial charge in [0.05, 0.1) is 20.0 Å². The van der Waals surface area contributed by atoms with Crippen LogP contribution in [0.2, 0.25) is 0 Å². The van der Waals surface area contributed by atoms with Gasteiger partial charge in [-0.1, -0.05) is 6.07 Å². The summed E-state index contributed by atoms with van der Waals surface area (Å²) < 4.78 is 10.6. The van der Waals surface area contributed by atoms with E-state index < -0.39 is 0 Å².